The summed E-state index contributed by atoms with van der Waals surface area (Å²) >= 11 is 0. The Hall–Kier alpha value is -2.42. The minimum Gasteiger partial charge on any atom is -0.496 e. The van der Waals surface area contributed by atoms with Crippen molar-refractivity contribution in [3.63, 3.8) is 0 Å². The highest BCUT2D eigenvalue weighted by Crippen LogP contribution is 2.28. The van der Waals surface area contributed by atoms with Crippen LogP contribution in [0.15, 0.2) is 53.4 Å². The van der Waals surface area contributed by atoms with Crippen LogP contribution < -0.4 is 14.8 Å². The van der Waals surface area contributed by atoms with E-state index in [4.69, 9.17) is 4.74 Å². The van der Waals surface area contributed by atoms with Crippen molar-refractivity contribution in [1.82, 2.24) is 14.9 Å². The molecule has 2 aromatic carbocycles. The summed E-state index contributed by atoms with van der Waals surface area (Å²) in [4.78, 5) is 15.3. The maximum Gasteiger partial charge on any atom is 0.251 e. The average molecular weight is 458 g/mol. The van der Waals surface area contributed by atoms with E-state index in [1.165, 1.54) is 12.1 Å². The van der Waals surface area contributed by atoms with E-state index in [-0.39, 0.29) is 16.8 Å². The molecule has 1 amide bonds. The van der Waals surface area contributed by atoms with Crippen LogP contribution in [0.1, 0.15) is 41.6 Å². The van der Waals surface area contributed by atoms with Crippen LogP contribution in [-0.4, -0.2) is 52.0 Å². The molecule has 172 valence electrons. The second-order valence-corrected chi connectivity index (χ2v) is 10.4. The zero-order valence-corrected chi connectivity index (χ0v) is 19.2. The lowest BCUT2D eigenvalue weighted by atomic mass is 10.0. The molecule has 2 fully saturated rings. The Kier molecular flexibility index (Phi) is 7.13. The highest BCUT2D eigenvalue weighted by Gasteiger charge is 2.25. The molecule has 0 aromatic heterocycles. The van der Waals surface area contributed by atoms with Crippen LogP contribution in [0, 0.1) is 5.92 Å². The van der Waals surface area contributed by atoms with Gasteiger partial charge in [-0.3, -0.25) is 9.69 Å². The third kappa shape index (κ3) is 5.88. The maximum atomic E-state index is 12.8. The van der Waals surface area contributed by atoms with Crippen molar-refractivity contribution in [3.8, 4) is 5.75 Å². The number of carbonyl (C=O) groups is 1. The first kappa shape index (κ1) is 22.8. The van der Waals surface area contributed by atoms with Crippen molar-refractivity contribution in [3.05, 3.63) is 59.7 Å². The quantitative estimate of drug-likeness (QED) is 0.605. The Morgan fingerprint density at radius 3 is 2.53 bits per heavy atom. The molecule has 1 heterocycles. The Bertz CT molecular complexity index is 1040. The van der Waals surface area contributed by atoms with Crippen molar-refractivity contribution in [1.29, 1.82) is 0 Å². The Labute approximate surface area is 190 Å². The summed E-state index contributed by atoms with van der Waals surface area (Å²) in [6, 6.07) is 14.4. The molecule has 32 heavy (non-hydrogen) atoms. The fourth-order valence-corrected chi connectivity index (χ4v) is 5.18. The number of rotatable bonds is 9. The van der Waals surface area contributed by atoms with Crippen molar-refractivity contribution in [2.75, 3.05) is 26.7 Å². The number of ether oxygens (including phenoxy) is 1. The highest BCUT2D eigenvalue weighted by atomic mass is 32.2. The van der Waals surface area contributed by atoms with E-state index in [9.17, 15) is 13.2 Å². The van der Waals surface area contributed by atoms with Gasteiger partial charge in [-0.05, 0) is 55.9 Å². The van der Waals surface area contributed by atoms with Gasteiger partial charge in [0.05, 0.1) is 12.0 Å². The third-order valence-corrected chi connectivity index (χ3v) is 7.60. The van der Waals surface area contributed by atoms with Gasteiger partial charge in [0, 0.05) is 43.3 Å². The number of sulfonamides is 1. The van der Waals surface area contributed by atoms with Crippen LogP contribution in [0.4, 0.5) is 0 Å². The van der Waals surface area contributed by atoms with Gasteiger partial charge in [-0.15, -0.1) is 0 Å². The lowest BCUT2D eigenvalue weighted by molar-refractivity contribution is 0.0908. The number of benzene rings is 2. The predicted octanol–water partition coefficient (Wildman–Crippen LogP) is 2.78. The smallest absolute Gasteiger partial charge is 0.251 e. The molecule has 1 saturated heterocycles. The monoisotopic (exact) mass is 457 g/mol. The van der Waals surface area contributed by atoms with E-state index >= 15 is 0 Å². The lowest BCUT2D eigenvalue weighted by Gasteiger charge is -2.32. The zero-order chi connectivity index (χ0) is 22.6. The molecule has 2 aromatic rings. The molecule has 0 bridgehead atoms. The second kappa shape index (κ2) is 10.0. The first-order valence-electron chi connectivity index (χ1n) is 11.2. The number of hydrogen-bond donors (Lipinski definition) is 2. The van der Waals surface area contributed by atoms with Gasteiger partial charge in [0.15, 0.2) is 0 Å². The molecular formula is C24H31N3O4S. The molecule has 0 unspecified atom stereocenters. The van der Waals surface area contributed by atoms with E-state index < -0.39 is 10.0 Å². The molecule has 1 saturated carbocycles. The number of nitrogens with one attached hydrogen (secondary N) is 2. The number of likely N-dealkylation sites (tertiary alicyclic amines) is 1. The molecular weight excluding hydrogens is 426 g/mol. The van der Waals surface area contributed by atoms with Gasteiger partial charge in [-0.1, -0.05) is 24.3 Å². The van der Waals surface area contributed by atoms with Gasteiger partial charge >= 0.3 is 0 Å². The topological polar surface area (TPSA) is 87.7 Å². The normalized spacial score (nSPS) is 17.8. The van der Waals surface area contributed by atoms with Gasteiger partial charge in [0.25, 0.3) is 5.91 Å². The van der Waals surface area contributed by atoms with E-state index in [0.717, 1.165) is 56.6 Å². The second-order valence-electron chi connectivity index (χ2n) is 8.66. The van der Waals surface area contributed by atoms with E-state index in [1.54, 1.807) is 19.2 Å². The van der Waals surface area contributed by atoms with Gasteiger partial charge in [0.2, 0.25) is 10.0 Å². The zero-order valence-electron chi connectivity index (χ0n) is 18.4. The van der Waals surface area contributed by atoms with Crippen LogP contribution in [0.5, 0.6) is 5.75 Å². The predicted molar refractivity (Wildman–Crippen MR) is 123 cm³/mol. The fourth-order valence-electron chi connectivity index (χ4n) is 4.02. The number of piperidine rings is 1. The van der Waals surface area contributed by atoms with Crippen LogP contribution in [0.3, 0.4) is 0 Å². The minimum absolute atomic E-state index is 0.0738. The number of carbonyl (C=O) groups excluding carboxylic acids is 1. The average Bonchev–Trinajstić information content (AvgIpc) is 3.64. The van der Waals surface area contributed by atoms with E-state index in [0.29, 0.717) is 18.0 Å². The van der Waals surface area contributed by atoms with Crippen LogP contribution in [0.2, 0.25) is 0 Å². The summed E-state index contributed by atoms with van der Waals surface area (Å²) in [5.41, 5.74) is 1.53. The van der Waals surface area contributed by atoms with Crippen molar-refractivity contribution in [2.45, 2.75) is 43.2 Å². The SMILES string of the molecule is COc1ccccc1CN1CCC(NC(=O)c2cccc(S(=O)(=O)NCC3CC3)c2)CC1. The molecule has 0 atom stereocenters. The molecule has 2 N–H and O–H groups in total. The number of para-hydroxylation sites is 1. The minimum atomic E-state index is -3.59. The standard InChI is InChI=1S/C24H31N3O4S/c1-31-23-8-3-2-5-20(23)17-27-13-11-21(12-14-27)26-24(28)19-6-4-7-22(15-19)32(29,30)25-16-18-9-10-18/h2-8,15,18,21,25H,9-14,16-17H2,1H3,(H,26,28). The summed E-state index contributed by atoms with van der Waals surface area (Å²) in [6.07, 6.45) is 3.84. The van der Waals surface area contributed by atoms with Crippen LogP contribution in [-0.2, 0) is 16.6 Å². The van der Waals surface area contributed by atoms with E-state index in [1.807, 2.05) is 18.2 Å². The number of amides is 1. The number of hydrogen-bond acceptors (Lipinski definition) is 5. The van der Waals surface area contributed by atoms with Gasteiger partial charge in [-0.2, -0.15) is 0 Å². The molecule has 7 nitrogen and oxygen atoms in total. The largest absolute Gasteiger partial charge is 0.496 e. The van der Waals surface area contributed by atoms with Crippen molar-refractivity contribution in [2.24, 2.45) is 5.92 Å². The van der Waals surface area contributed by atoms with Gasteiger partial charge < -0.3 is 10.1 Å². The van der Waals surface area contributed by atoms with Crippen LogP contribution in [0.25, 0.3) is 0 Å². The number of methoxy groups -OCH3 is 1. The summed E-state index contributed by atoms with van der Waals surface area (Å²) in [5.74, 6) is 1.11. The third-order valence-electron chi connectivity index (χ3n) is 6.17. The molecule has 0 spiro atoms. The fraction of sp³-hybridized carbons (Fsp3) is 0.458. The summed E-state index contributed by atoms with van der Waals surface area (Å²) in [6.45, 7) is 3.04. The summed E-state index contributed by atoms with van der Waals surface area (Å²) in [5, 5.41) is 3.08. The summed E-state index contributed by atoms with van der Waals surface area (Å²) < 4.78 is 33.1. The number of nitrogens with zero attached hydrogens (tertiary/aromatic N) is 1. The Balaban J connectivity index is 1.30. The molecule has 8 heteroatoms. The Morgan fingerprint density at radius 1 is 1.06 bits per heavy atom. The molecule has 2 aliphatic rings. The van der Waals surface area contributed by atoms with Gasteiger partial charge in [0.1, 0.15) is 5.75 Å². The molecule has 0 radical (unpaired) electrons. The first-order chi connectivity index (χ1) is 15.4. The van der Waals surface area contributed by atoms with Crippen molar-refractivity contribution >= 4 is 15.9 Å². The lowest BCUT2D eigenvalue weighted by Crippen LogP contribution is -2.44. The molecule has 1 aliphatic carbocycles. The van der Waals surface area contributed by atoms with E-state index in [2.05, 4.69) is 21.0 Å². The Morgan fingerprint density at radius 2 is 1.81 bits per heavy atom. The maximum absolute atomic E-state index is 12.8. The molecule has 4 rings (SSSR count). The first-order valence-corrected chi connectivity index (χ1v) is 12.7. The highest BCUT2D eigenvalue weighted by molar-refractivity contribution is 7.89. The van der Waals surface area contributed by atoms with Crippen molar-refractivity contribution < 1.29 is 17.9 Å². The summed E-state index contributed by atoms with van der Waals surface area (Å²) in [7, 11) is -1.91. The van der Waals surface area contributed by atoms with Crippen LogP contribution >= 0.6 is 0 Å². The molecule has 1 aliphatic heterocycles. The van der Waals surface area contributed by atoms with Gasteiger partial charge in [-0.25, -0.2) is 13.1 Å².